The summed E-state index contributed by atoms with van der Waals surface area (Å²) in [6.45, 7) is 4.33. The average molecular weight is 396 g/mol. The molecular formula is C23H22ClNO3. The zero-order valence-corrected chi connectivity index (χ0v) is 16.5. The second-order valence-electron chi connectivity index (χ2n) is 6.74. The average Bonchev–Trinajstić information content (AvgIpc) is 2.72. The fourth-order valence-electron chi connectivity index (χ4n) is 3.02. The van der Waals surface area contributed by atoms with Crippen LogP contribution in [0, 0.1) is 6.92 Å². The highest BCUT2D eigenvalue weighted by molar-refractivity contribution is 6.30. The van der Waals surface area contributed by atoms with Crippen LogP contribution < -0.4 is 19.5 Å². The summed E-state index contributed by atoms with van der Waals surface area (Å²) in [5.74, 6) is 2.36. The van der Waals surface area contributed by atoms with Gasteiger partial charge in [0.2, 0.25) is 0 Å². The zero-order chi connectivity index (χ0) is 19.3. The van der Waals surface area contributed by atoms with Crippen LogP contribution in [0.3, 0.4) is 0 Å². The Labute approximate surface area is 170 Å². The van der Waals surface area contributed by atoms with Gasteiger partial charge in [-0.15, -0.1) is 0 Å². The predicted octanol–water partition coefficient (Wildman–Crippen LogP) is 5.61. The molecule has 0 atom stereocenters. The van der Waals surface area contributed by atoms with Crippen LogP contribution in [0.5, 0.6) is 17.2 Å². The van der Waals surface area contributed by atoms with Crippen molar-refractivity contribution in [1.82, 2.24) is 0 Å². The van der Waals surface area contributed by atoms with Gasteiger partial charge in [-0.1, -0.05) is 41.4 Å². The molecule has 1 heterocycles. The van der Waals surface area contributed by atoms with Crippen molar-refractivity contribution in [3.63, 3.8) is 0 Å². The van der Waals surface area contributed by atoms with Crippen molar-refractivity contribution in [2.24, 2.45) is 0 Å². The minimum Gasteiger partial charge on any atom is -0.489 e. The van der Waals surface area contributed by atoms with Gasteiger partial charge in [0.25, 0.3) is 0 Å². The molecule has 4 rings (SSSR count). The first-order valence-electron chi connectivity index (χ1n) is 9.28. The third-order valence-corrected chi connectivity index (χ3v) is 4.80. The second-order valence-corrected chi connectivity index (χ2v) is 7.17. The number of ether oxygens (including phenoxy) is 3. The lowest BCUT2D eigenvalue weighted by molar-refractivity contribution is 0.171. The Kier molecular flexibility index (Phi) is 5.58. The van der Waals surface area contributed by atoms with Gasteiger partial charge in [-0.3, -0.25) is 0 Å². The van der Waals surface area contributed by atoms with Crippen LogP contribution in [0.2, 0.25) is 5.02 Å². The number of hydrogen-bond acceptors (Lipinski definition) is 4. The monoisotopic (exact) mass is 395 g/mol. The lowest BCUT2D eigenvalue weighted by Gasteiger charge is -2.19. The highest BCUT2D eigenvalue weighted by Crippen LogP contribution is 2.33. The SMILES string of the molecule is Cc1ccc(COc2ccc(Cl)cc2CNc2ccc3c(c2)OCCO3)cc1. The van der Waals surface area contributed by atoms with Crippen molar-refractivity contribution in [1.29, 1.82) is 0 Å². The Balaban J connectivity index is 1.45. The summed E-state index contributed by atoms with van der Waals surface area (Å²) in [5.41, 5.74) is 4.31. The van der Waals surface area contributed by atoms with E-state index in [1.807, 2.05) is 36.4 Å². The summed E-state index contributed by atoms with van der Waals surface area (Å²) in [6, 6.07) is 19.9. The van der Waals surface area contributed by atoms with Gasteiger partial charge in [0.15, 0.2) is 11.5 Å². The summed E-state index contributed by atoms with van der Waals surface area (Å²) in [7, 11) is 0. The molecule has 1 aliphatic heterocycles. The van der Waals surface area contributed by atoms with Crippen LogP contribution in [0.25, 0.3) is 0 Å². The third kappa shape index (κ3) is 4.52. The van der Waals surface area contributed by atoms with E-state index in [1.54, 1.807) is 0 Å². The summed E-state index contributed by atoms with van der Waals surface area (Å²) in [6.07, 6.45) is 0. The molecule has 0 unspecified atom stereocenters. The van der Waals surface area contributed by atoms with E-state index in [0.29, 0.717) is 31.4 Å². The maximum Gasteiger partial charge on any atom is 0.163 e. The maximum atomic E-state index is 6.21. The Morgan fingerprint density at radius 2 is 1.71 bits per heavy atom. The summed E-state index contributed by atoms with van der Waals surface area (Å²) >= 11 is 6.21. The van der Waals surface area contributed by atoms with E-state index in [1.165, 1.54) is 5.56 Å². The number of halogens is 1. The molecule has 0 saturated heterocycles. The van der Waals surface area contributed by atoms with E-state index < -0.39 is 0 Å². The van der Waals surface area contributed by atoms with Crippen LogP contribution in [0.4, 0.5) is 5.69 Å². The molecule has 0 aromatic heterocycles. The summed E-state index contributed by atoms with van der Waals surface area (Å²) < 4.78 is 17.3. The molecule has 144 valence electrons. The molecule has 0 amide bonds. The molecular weight excluding hydrogens is 374 g/mol. The first-order valence-corrected chi connectivity index (χ1v) is 9.65. The van der Waals surface area contributed by atoms with Crippen molar-refractivity contribution in [2.45, 2.75) is 20.1 Å². The van der Waals surface area contributed by atoms with Crippen molar-refractivity contribution in [2.75, 3.05) is 18.5 Å². The lowest BCUT2D eigenvalue weighted by atomic mass is 10.1. The molecule has 0 bridgehead atoms. The van der Waals surface area contributed by atoms with Crippen LogP contribution in [0.15, 0.2) is 60.7 Å². The quantitative estimate of drug-likeness (QED) is 0.588. The largest absolute Gasteiger partial charge is 0.489 e. The van der Waals surface area contributed by atoms with Crippen LogP contribution >= 0.6 is 11.6 Å². The Bertz CT molecular complexity index is 957. The molecule has 3 aromatic carbocycles. The van der Waals surface area contributed by atoms with Crippen LogP contribution in [-0.4, -0.2) is 13.2 Å². The van der Waals surface area contributed by atoms with Gasteiger partial charge in [-0.05, 0) is 42.8 Å². The fourth-order valence-corrected chi connectivity index (χ4v) is 3.22. The number of aryl methyl sites for hydroxylation is 1. The Hall–Kier alpha value is -2.85. The van der Waals surface area contributed by atoms with Gasteiger partial charge < -0.3 is 19.5 Å². The highest BCUT2D eigenvalue weighted by atomic mass is 35.5. The van der Waals surface area contributed by atoms with Gasteiger partial charge in [0, 0.05) is 28.9 Å². The number of fused-ring (bicyclic) bond motifs is 1. The minimum absolute atomic E-state index is 0.513. The Morgan fingerprint density at radius 1 is 0.929 bits per heavy atom. The molecule has 5 heteroatoms. The van der Waals surface area contributed by atoms with Crippen LogP contribution in [0.1, 0.15) is 16.7 Å². The van der Waals surface area contributed by atoms with E-state index in [-0.39, 0.29) is 0 Å². The molecule has 1 aliphatic rings. The molecule has 1 N–H and O–H groups in total. The molecule has 0 saturated carbocycles. The number of anilines is 1. The molecule has 0 fully saturated rings. The van der Waals surface area contributed by atoms with Crippen LogP contribution in [-0.2, 0) is 13.2 Å². The van der Waals surface area contributed by atoms with Gasteiger partial charge in [-0.2, -0.15) is 0 Å². The van der Waals surface area contributed by atoms with E-state index >= 15 is 0 Å². The third-order valence-electron chi connectivity index (χ3n) is 4.56. The fraction of sp³-hybridized carbons (Fsp3) is 0.217. The van der Waals surface area contributed by atoms with Gasteiger partial charge in [-0.25, -0.2) is 0 Å². The number of hydrogen-bond donors (Lipinski definition) is 1. The van der Waals surface area contributed by atoms with E-state index in [0.717, 1.165) is 34.1 Å². The zero-order valence-electron chi connectivity index (χ0n) is 15.7. The van der Waals surface area contributed by atoms with E-state index in [2.05, 4.69) is 36.5 Å². The second kappa shape index (κ2) is 8.44. The standard InChI is InChI=1S/C23H22ClNO3/c1-16-2-4-17(5-3-16)15-28-21-8-6-19(24)12-18(21)14-25-20-7-9-22-23(13-20)27-11-10-26-22/h2-9,12-13,25H,10-11,14-15H2,1H3. The van der Waals surface area contributed by atoms with E-state index in [4.69, 9.17) is 25.8 Å². The molecule has 0 aliphatic carbocycles. The minimum atomic E-state index is 0.513. The molecule has 0 spiro atoms. The van der Waals surface area contributed by atoms with Gasteiger partial charge >= 0.3 is 0 Å². The smallest absolute Gasteiger partial charge is 0.163 e. The molecule has 3 aromatic rings. The number of benzene rings is 3. The van der Waals surface area contributed by atoms with Crippen molar-refractivity contribution >= 4 is 17.3 Å². The topological polar surface area (TPSA) is 39.7 Å². The Morgan fingerprint density at radius 3 is 2.54 bits per heavy atom. The molecule has 28 heavy (non-hydrogen) atoms. The molecule has 0 radical (unpaired) electrons. The maximum absolute atomic E-state index is 6.21. The number of nitrogens with one attached hydrogen (secondary N) is 1. The summed E-state index contributed by atoms with van der Waals surface area (Å²) in [4.78, 5) is 0. The predicted molar refractivity (Wildman–Crippen MR) is 112 cm³/mol. The first-order chi connectivity index (χ1) is 13.7. The molecule has 4 nitrogen and oxygen atoms in total. The van der Waals surface area contributed by atoms with Gasteiger partial charge in [0.1, 0.15) is 25.6 Å². The van der Waals surface area contributed by atoms with Crippen molar-refractivity contribution < 1.29 is 14.2 Å². The van der Waals surface area contributed by atoms with Crippen molar-refractivity contribution in [3.8, 4) is 17.2 Å². The van der Waals surface area contributed by atoms with Crippen molar-refractivity contribution in [3.05, 3.63) is 82.4 Å². The normalized spacial score (nSPS) is 12.5. The first kappa shape index (κ1) is 18.5. The van der Waals surface area contributed by atoms with Gasteiger partial charge in [0.05, 0.1) is 0 Å². The summed E-state index contributed by atoms with van der Waals surface area (Å²) in [5, 5.41) is 4.09. The number of rotatable bonds is 6. The lowest BCUT2D eigenvalue weighted by Crippen LogP contribution is -2.15. The van der Waals surface area contributed by atoms with E-state index in [9.17, 15) is 0 Å². The highest BCUT2D eigenvalue weighted by Gasteiger charge is 2.12.